The third-order valence-corrected chi connectivity index (χ3v) is 7.77. The largest absolute Gasteiger partial charge is 0.508 e. The molecule has 0 saturated carbocycles. The number of rotatable bonds is 8. The summed E-state index contributed by atoms with van der Waals surface area (Å²) in [5, 5.41) is 23.3. The first-order valence-electron chi connectivity index (χ1n) is 13.5. The lowest BCUT2D eigenvalue weighted by Gasteiger charge is -2.39. The van der Waals surface area contributed by atoms with Gasteiger partial charge in [0.25, 0.3) is 5.56 Å². The Hall–Kier alpha value is -4.16. The zero-order chi connectivity index (χ0) is 27.6. The van der Waals surface area contributed by atoms with Crippen LogP contribution in [0.2, 0.25) is 0 Å². The summed E-state index contributed by atoms with van der Waals surface area (Å²) in [6.45, 7) is 4.11. The van der Waals surface area contributed by atoms with E-state index in [2.05, 4.69) is 30.3 Å². The molecule has 4 aromatic rings. The highest BCUT2D eigenvalue weighted by molar-refractivity contribution is 5.83. The molecule has 210 valence electrons. The lowest BCUT2D eigenvalue weighted by atomic mass is 10.0. The van der Waals surface area contributed by atoms with Gasteiger partial charge >= 0.3 is 0 Å². The van der Waals surface area contributed by atoms with E-state index in [0.717, 1.165) is 43.6 Å². The molecule has 0 bridgehead atoms. The Bertz CT molecular complexity index is 1520. The molecule has 2 atom stereocenters. The zero-order valence-electron chi connectivity index (χ0n) is 22.6. The van der Waals surface area contributed by atoms with Crippen molar-refractivity contribution >= 4 is 16.6 Å². The minimum absolute atomic E-state index is 0.0425. The molecule has 2 fully saturated rings. The summed E-state index contributed by atoms with van der Waals surface area (Å²) in [6.07, 6.45) is 2.01. The Morgan fingerprint density at radius 1 is 1.07 bits per heavy atom. The Balaban J connectivity index is 1.38. The molecule has 2 N–H and O–H groups in total. The number of hydrogen-bond acceptors (Lipinski definition) is 10. The van der Waals surface area contributed by atoms with Gasteiger partial charge in [-0.2, -0.15) is 0 Å². The number of nitrogens with one attached hydrogen (secondary N) is 1. The summed E-state index contributed by atoms with van der Waals surface area (Å²) < 4.78 is 18.6. The van der Waals surface area contributed by atoms with Gasteiger partial charge in [0.1, 0.15) is 11.8 Å². The molecule has 2 aromatic heterocycles. The molecule has 0 amide bonds. The van der Waals surface area contributed by atoms with Gasteiger partial charge in [0, 0.05) is 55.5 Å². The van der Waals surface area contributed by atoms with Gasteiger partial charge in [0.15, 0.2) is 17.3 Å². The fourth-order valence-corrected chi connectivity index (χ4v) is 5.67. The second-order valence-corrected chi connectivity index (χ2v) is 10.1. The maximum atomic E-state index is 13.6. The van der Waals surface area contributed by atoms with Crippen LogP contribution in [0, 0.1) is 0 Å². The average Bonchev–Trinajstić information content (AvgIpc) is 3.66. The molecule has 4 heterocycles. The van der Waals surface area contributed by atoms with Crippen molar-refractivity contribution in [3.8, 4) is 17.2 Å². The second kappa shape index (κ2) is 11.1. The topological polar surface area (TPSA) is 131 Å². The van der Waals surface area contributed by atoms with E-state index in [9.17, 15) is 9.90 Å². The minimum atomic E-state index is -0.473. The summed E-state index contributed by atoms with van der Waals surface area (Å²) in [6, 6.07) is 12.3. The van der Waals surface area contributed by atoms with Crippen molar-refractivity contribution in [1.29, 1.82) is 0 Å². The highest BCUT2D eigenvalue weighted by Crippen LogP contribution is 2.34. The van der Waals surface area contributed by atoms with Crippen molar-refractivity contribution in [1.82, 2.24) is 30.1 Å². The summed E-state index contributed by atoms with van der Waals surface area (Å²) in [5.41, 5.74) is 2.04. The summed E-state index contributed by atoms with van der Waals surface area (Å²) in [4.78, 5) is 21.2. The Kier molecular flexibility index (Phi) is 7.27. The number of aromatic nitrogens is 5. The van der Waals surface area contributed by atoms with Crippen molar-refractivity contribution in [2.45, 2.75) is 31.5 Å². The predicted octanol–water partition coefficient (Wildman–Crippen LogP) is 2.33. The fourth-order valence-electron chi connectivity index (χ4n) is 5.67. The number of nitrogens with zero attached hydrogens (tertiary/aromatic N) is 6. The van der Waals surface area contributed by atoms with Crippen molar-refractivity contribution in [2.24, 2.45) is 0 Å². The van der Waals surface area contributed by atoms with Gasteiger partial charge in [-0.15, -0.1) is 5.10 Å². The standard InChI is InChI=1S/C28H33N7O5/c1-38-24-15-18-14-22(28(37)29-23(18)16-25(24)39-2)26(27-30-31-32-35(27)17-21-4-3-13-40-21)34-11-9-33(10-12-34)19-5-7-20(36)8-6-19/h5-8,14-16,21,26,36H,3-4,9-13,17H2,1-2H3,(H,29,37)/t21-,26-/m0/s1. The lowest BCUT2D eigenvalue weighted by molar-refractivity contribution is 0.0906. The smallest absolute Gasteiger partial charge is 0.253 e. The van der Waals surface area contributed by atoms with E-state index in [-0.39, 0.29) is 17.4 Å². The summed E-state index contributed by atoms with van der Waals surface area (Å²) >= 11 is 0. The van der Waals surface area contributed by atoms with Gasteiger partial charge < -0.3 is 29.2 Å². The number of aromatic amines is 1. The molecule has 12 nitrogen and oxygen atoms in total. The molecule has 12 heteroatoms. The van der Waals surface area contributed by atoms with Crippen molar-refractivity contribution in [2.75, 3.05) is 51.9 Å². The van der Waals surface area contributed by atoms with E-state index in [1.165, 1.54) is 0 Å². The maximum Gasteiger partial charge on any atom is 0.253 e. The highest BCUT2D eigenvalue weighted by atomic mass is 16.5. The van der Waals surface area contributed by atoms with Crippen LogP contribution in [0.3, 0.4) is 0 Å². The third kappa shape index (κ3) is 5.07. The van der Waals surface area contributed by atoms with Gasteiger partial charge in [-0.3, -0.25) is 9.69 Å². The number of phenolic OH excluding ortho intramolecular Hbond substituents is 1. The van der Waals surface area contributed by atoms with Gasteiger partial charge in [-0.05, 0) is 59.7 Å². The van der Waals surface area contributed by atoms with Gasteiger partial charge in [-0.1, -0.05) is 0 Å². The van der Waals surface area contributed by atoms with E-state index < -0.39 is 6.04 Å². The normalized spacial score (nSPS) is 18.8. The number of piperazine rings is 1. The Labute approximate surface area is 231 Å². The quantitative estimate of drug-likeness (QED) is 0.339. The molecular weight excluding hydrogens is 514 g/mol. The first kappa shape index (κ1) is 26.1. The zero-order valence-corrected chi connectivity index (χ0v) is 22.6. The molecule has 0 aliphatic carbocycles. The summed E-state index contributed by atoms with van der Waals surface area (Å²) in [5.74, 6) is 1.97. The molecule has 6 rings (SSSR count). The van der Waals surface area contributed by atoms with Gasteiger partial charge in [0.05, 0.1) is 32.4 Å². The van der Waals surface area contributed by atoms with Crippen LogP contribution in [-0.4, -0.2) is 88.3 Å². The van der Waals surface area contributed by atoms with Crippen molar-refractivity contribution in [3.05, 3.63) is 64.2 Å². The van der Waals surface area contributed by atoms with E-state index in [4.69, 9.17) is 14.2 Å². The van der Waals surface area contributed by atoms with Crippen LogP contribution in [-0.2, 0) is 11.3 Å². The fraction of sp³-hybridized carbons (Fsp3) is 0.429. The number of phenols is 1. The number of fused-ring (bicyclic) bond motifs is 1. The first-order chi connectivity index (χ1) is 19.5. The third-order valence-electron chi connectivity index (χ3n) is 7.77. The van der Waals surface area contributed by atoms with Crippen LogP contribution in [0.4, 0.5) is 5.69 Å². The summed E-state index contributed by atoms with van der Waals surface area (Å²) in [7, 11) is 3.16. The molecule has 40 heavy (non-hydrogen) atoms. The minimum Gasteiger partial charge on any atom is -0.508 e. The van der Waals surface area contributed by atoms with Crippen LogP contribution in [0.5, 0.6) is 17.2 Å². The monoisotopic (exact) mass is 547 g/mol. The van der Waals surface area contributed by atoms with Gasteiger partial charge in [-0.25, -0.2) is 4.68 Å². The van der Waals surface area contributed by atoms with Crippen LogP contribution < -0.4 is 19.9 Å². The molecule has 0 radical (unpaired) electrons. The molecule has 0 spiro atoms. The van der Waals surface area contributed by atoms with Crippen LogP contribution in [0.1, 0.15) is 30.3 Å². The Morgan fingerprint density at radius 3 is 2.52 bits per heavy atom. The molecule has 2 aliphatic rings. The number of H-pyrrole nitrogens is 1. The maximum absolute atomic E-state index is 13.6. The molecular formula is C28H33N7O5. The van der Waals surface area contributed by atoms with Crippen molar-refractivity contribution < 1.29 is 19.3 Å². The second-order valence-electron chi connectivity index (χ2n) is 10.1. The van der Waals surface area contributed by atoms with E-state index >= 15 is 0 Å². The number of hydrogen-bond donors (Lipinski definition) is 2. The highest BCUT2D eigenvalue weighted by Gasteiger charge is 2.33. The van der Waals surface area contributed by atoms with E-state index in [1.54, 1.807) is 37.1 Å². The molecule has 2 aromatic carbocycles. The number of aromatic hydroxyl groups is 1. The number of benzene rings is 2. The number of ether oxygens (including phenoxy) is 3. The SMILES string of the molecule is COc1cc2cc([C@@H](c3nnnn3C[C@@H]3CCCO3)N3CCN(c4ccc(O)cc4)CC3)c(=O)[nH]c2cc1OC. The molecule has 0 unspecified atom stereocenters. The van der Waals surface area contributed by atoms with Gasteiger partial charge in [0.2, 0.25) is 0 Å². The van der Waals surface area contributed by atoms with E-state index in [1.807, 2.05) is 24.3 Å². The first-order valence-corrected chi connectivity index (χ1v) is 13.5. The number of methoxy groups -OCH3 is 2. The average molecular weight is 548 g/mol. The van der Waals surface area contributed by atoms with Crippen LogP contribution >= 0.6 is 0 Å². The van der Waals surface area contributed by atoms with Crippen LogP contribution in [0.25, 0.3) is 10.9 Å². The number of anilines is 1. The van der Waals surface area contributed by atoms with Crippen molar-refractivity contribution in [3.63, 3.8) is 0 Å². The predicted molar refractivity (Wildman–Crippen MR) is 148 cm³/mol. The Morgan fingerprint density at radius 2 is 1.82 bits per heavy atom. The molecule has 2 aliphatic heterocycles. The number of pyridine rings is 1. The molecule has 2 saturated heterocycles. The van der Waals surface area contributed by atoms with E-state index in [0.29, 0.717) is 48.0 Å². The number of tetrazole rings is 1. The van der Waals surface area contributed by atoms with Crippen LogP contribution in [0.15, 0.2) is 47.3 Å². The lowest BCUT2D eigenvalue weighted by Crippen LogP contribution is -2.49.